The third-order valence-corrected chi connectivity index (χ3v) is 10.3. The number of ketones is 1. The molecular weight excluding hydrogens is 485 g/mol. The second-order valence-corrected chi connectivity index (χ2v) is 12.5. The highest BCUT2D eigenvalue weighted by atomic mass is 35.5. The van der Waals surface area contributed by atoms with E-state index in [4.69, 9.17) is 11.6 Å². The van der Waals surface area contributed by atoms with Gasteiger partial charge in [0.2, 0.25) is 0 Å². The van der Waals surface area contributed by atoms with E-state index in [0.29, 0.717) is 28.3 Å². The van der Waals surface area contributed by atoms with E-state index in [9.17, 15) is 14.9 Å². The molecule has 2 aliphatic heterocycles. The van der Waals surface area contributed by atoms with Crippen molar-refractivity contribution in [2.24, 2.45) is 28.6 Å². The lowest BCUT2D eigenvalue weighted by Gasteiger charge is -2.57. The van der Waals surface area contributed by atoms with Crippen molar-refractivity contribution in [2.75, 3.05) is 4.90 Å². The minimum atomic E-state index is -1.51. The van der Waals surface area contributed by atoms with E-state index < -0.39 is 28.8 Å². The lowest BCUT2D eigenvalue weighted by molar-refractivity contribution is -0.145. The van der Waals surface area contributed by atoms with Gasteiger partial charge in [0.05, 0.1) is 24.2 Å². The fourth-order valence-corrected chi connectivity index (χ4v) is 9.22. The van der Waals surface area contributed by atoms with Crippen LogP contribution in [0.15, 0.2) is 48.5 Å². The van der Waals surface area contributed by atoms with E-state index in [-0.39, 0.29) is 11.6 Å². The van der Waals surface area contributed by atoms with Crippen LogP contribution in [0.3, 0.4) is 0 Å². The van der Waals surface area contributed by atoms with Gasteiger partial charge in [0.25, 0.3) is 0 Å². The first-order valence-corrected chi connectivity index (χ1v) is 13.6. The maximum absolute atomic E-state index is 15.0. The zero-order chi connectivity index (χ0) is 25.5. The molecule has 2 heterocycles. The van der Waals surface area contributed by atoms with Crippen LogP contribution in [0.4, 0.5) is 10.1 Å². The number of anilines is 1. The number of fused-ring (bicyclic) bond motifs is 3. The van der Waals surface area contributed by atoms with Crippen LogP contribution in [0.25, 0.3) is 6.08 Å². The van der Waals surface area contributed by atoms with Gasteiger partial charge in [0, 0.05) is 22.0 Å². The Morgan fingerprint density at radius 1 is 0.973 bits per heavy atom. The van der Waals surface area contributed by atoms with Gasteiger partial charge in [-0.15, -0.1) is 0 Å². The third-order valence-electron chi connectivity index (χ3n) is 10.0. The molecule has 4 saturated carbocycles. The van der Waals surface area contributed by atoms with Crippen LogP contribution in [0, 0.1) is 57.1 Å². The highest BCUT2D eigenvalue weighted by Gasteiger charge is 2.66. The predicted molar refractivity (Wildman–Crippen MR) is 139 cm³/mol. The second kappa shape index (κ2) is 7.92. The van der Waals surface area contributed by atoms with Crippen molar-refractivity contribution in [3.8, 4) is 12.1 Å². The van der Waals surface area contributed by atoms with E-state index in [2.05, 4.69) is 12.1 Å². The molecular formula is C31H27ClFN3O. The van der Waals surface area contributed by atoms with Gasteiger partial charge in [-0.05, 0) is 97.7 Å². The molecule has 6 aliphatic rings. The number of carbonyl (C=O) groups excluding carboxylic acids is 1. The summed E-state index contributed by atoms with van der Waals surface area (Å²) in [5, 5.41) is 21.8. The van der Waals surface area contributed by atoms with Crippen molar-refractivity contribution >= 4 is 29.1 Å². The third kappa shape index (κ3) is 3.14. The number of rotatable bonds is 3. The highest BCUT2D eigenvalue weighted by Crippen LogP contribution is 2.63. The van der Waals surface area contributed by atoms with Gasteiger partial charge in [0.15, 0.2) is 11.2 Å². The standard InChI is InChI=1S/C31H27ClFN3O/c32-23-4-7-25-22(12-23)3-8-26-31(16-34,17-35)27(21-1-5-24(33)6-2-21)28(36(25)26)29(37)30-13-18-9-19(14-30)11-20(10-18)15-30/h1-8,12,18-20,26-28H,9-11,13-15H2/t18?,19?,20?,26-,27-,28-,30?/m1/s1. The highest BCUT2D eigenvalue weighted by molar-refractivity contribution is 6.30. The summed E-state index contributed by atoms with van der Waals surface area (Å²) in [5.41, 5.74) is 0.424. The molecule has 1 saturated heterocycles. The molecule has 0 N–H and O–H groups in total. The number of Topliss-reactive ketones (excluding diaryl/α,β-unsaturated/α-hetero) is 1. The summed E-state index contributed by atoms with van der Waals surface area (Å²) < 4.78 is 14.0. The Morgan fingerprint density at radius 3 is 2.19 bits per heavy atom. The first-order valence-electron chi connectivity index (χ1n) is 13.3. The van der Waals surface area contributed by atoms with Crippen molar-refractivity contribution < 1.29 is 9.18 Å². The molecule has 186 valence electrons. The van der Waals surface area contributed by atoms with Crippen molar-refractivity contribution in [3.63, 3.8) is 0 Å². The van der Waals surface area contributed by atoms with Crippen LogP contribution in [-0.2, 0) is 4.79 Å². The van der Waals surface area contributed by atoms with Crippen molar-refractivity contribution in [2.45, 2.75) is 56.5 Å². The summed E-state index contributed by atoms with van der Waals surface area (Å²) in [6.45, 7) is 0. The molecule has 5 fully saturated rings. The van der Waals surface area contributed by atoms with Crippen LogP contribution in [-0.4, -0.2) is 17.9 Å². The number of nitriles is 2. The Labute approximate surface area is 221 Å². The molecule has 4 bridgehead atoms. The normalized spacial score (nSPS) is 35.9. The summed E-state index contributed by atoms with van der Waals surface area (Å²) in [6.07, 6.45) is 10.1. The van der Waals surface area contributed by atoms with Crippen LogP contribution in [0.2, 0.25) is 5.02 Å². The Balaban J connectivity index is 1.44. The van der Waals surface area contributed by atoms with E-state index in [0.717, 1.165) is 30.5 Å². The van der Waals surface area contributed by atoms with Crippen molar-refractivity contribution in [3.05, 3.63) is 70.5 Å². The maximum Gasteiger partial charge on any atom is 0.176 e. The first-order chi connectivity index (χ1) is 17.9. The zero-order valence-electron chi connectivity index (χ0n) is 20.4. The lowest BCUT2D eigenvalue weighted by Crippen LogP contribution is -2.56. The largest absolute Gasteiger partial charge is 0.351 e. The molecule has 6 heteroatoms. The number of benzene rings is 2. The van der Waals surface area contributed by atoms with Gasteiger partial charge in [-0.25, -0.2) is 4.39 Å². The molecule has 0 radical (unpaired) electrons. The average Bonchev–Trinajstić information content (AvgIpc) is 3.18. The van der Waals surface area contributed by atoms with Crippen LogP contribution < -0.4 is 4.90 Å². The summed E-state index contributed by atoms with van der Waals surface area (Å²) >= 11 is 6.32. The summed E-state index contributed by atoms with van der Waals surface area (Å²) in [5.74, 6) is 0.819. The molecule has 0 spiro atoms. The van der Waals surface area contributed by atoms with Crippen LogP contribution >= 0.6 is 11.6 Å². The van der Waals surface area contributed by atoms with Crippen LogP contribution in [0.1, 0.15) is 55.6 Å². The van der Waals surface area contributed by atoms with Gasteiger partial charge in [0.1, 0.15) is 5.82 Å². The van der Waals surface area contributed by atoms with E-state index in [1.54, 1.807) is 18.2 Å². The van der Waals surface area contributed by atoms with Crippen molar-refractivity contribution in [1.82, 2.24) is 0 Å². The van der Waals surface area contributed by atoms with Gasteiger partial charge >= 0.3 is 0 Å². The number of halogens is 2. The fourth-order valence-electron chi connectivity index (χ4n) is 9.03. The topological polar surface area (TPSA) is 67.9 Å². The quantitative estimate of drug-likeness (QED) is 0.461. The zero-order valence-corrected chi connectivity index (χ0v) is 21.2. The maximum atomic E-state index is 15.0. The summed E-state index contributed by atoms with van der Waals surface area (Å²) in [4.78, 5) is 17.1. The van der Waals surface area contributed by atoms with Gasteiger partial charge in [-0.3, -0.25) is 4.79 Å². The molecule has 8 rings (SSSR count). The smallest absolute Gasteiger partial charge is 0.176 e. The number of carbonyl (C=O) groups is 1. The first kappa shape index (κ1) is 23.0. The molecule has 4 nitrogen and oxygen atoms in total. The summed E-state index contributed by atoms with van der Waals surface area (Å²) in [7, 11) is 0. The number of hydrogen-bond acceptors (Lipinski definition) is 4. The van der Waals surface area contributed by atoms with Crippen LogP contribution in [0.5, 0.6) is 0 Å². The Morgan fingerprint density at radius 2 is 1.59 bits per heavy atom. The lowest BCUT2D eigenvalue weighted by atomic mass is 9.47. The Hall–Kier alpha value is -3.15. The van der Waals surface area contributed by atoms with Crippen molar-refractivity contribution in [1.29, 1.82) is 10.5 Å². The van der Waals surface area contributed by atoms with Gasteiger partial charge in [-0.2, -0.15) is 10.5 Å². The predicted octanol–water partition coefficient (Wildman–Crippen LogP) is 6.67. The number of nitrogens with zero attached hydrogens (tertiary/aromatic N) is 3. The molecule has 4 aliphatic carbocycles. The second-order valence-electron chi connectivity index (χ2n) is 12.0. The summed E-state index contributed by atoms with van der Waals surface area (Å²) in [6, 6.07) is 15.0. The minimum Gasteiger partial charge on any atom is -0.351 e. The number of hydrogen-bond donors (Lipinski definition) is 0. The molecule has 2 aromatic carbocycles. The SMILES string of the molecule is N#CC1(C#N)[C@H](c2ccc(F)cc2)[C@H](C(=O)C23CC4CC(CC(C4)C2)C3)N2c3ccc(Cl)cc3C=C[C@@H]21. The van der Waals surface area contributed by atoms with E-state index in [1.807, 2.05) is 29.2 Å². The van der Waals surface area contributed by atoms with E-state index in [1.165, 1.54) is 31.4 Å². The monoisotopic (exact) mass is 511 g/mol. The average molecular weight is 512 g/mol. The van der Waals surface area contributed by atoms with Gasteiger partial charge in [-0.1, -0.05) is 35.9 Å². The van der Waals surface area contributed by atoms with Gasteiger partial charge < -0.3 is 4.90 Å². The Bertz CT molecular complexity index is 1370. The molecule has 3 atom stereocenters. The molecule has 0 amide bonds. The molecule has 0 unspecified atom stereocenters. The van der Waals surface area contributed by atoms with E-state index >= 15 is 4.79 Å². The Kier molecular flexibility index (Phi) is 4.93. The minimum absolute atomic E-state index is 0.162. The fraction of sp³-hybridized carbons (Fsp3) is 0.452. The molecule has 0 aromatic heterocycles. The molecule has 2 aromatic rings. The molecule has 37 heavy (non-hydrogen) atoms.